The Kier molecular flexibility index (Phi) is 3.49. The zero-order chi connectivity index (χ0) is 12.3. The SMILES string of the molecule is CSc1ccccc1Cc1c(O)nc[nH]c1=O. The molecule has 0 bridgehead atoms. The van der Waals surface area contributed by atoms with Crippen molar-refractivity contribution < 1.29 is 5.11 Å². The summed E-state index contributed by atoms with van der Waals surface area (Å²) in [4.78, 5) is 18.8. The average Bonchev–Trinajstić information content (AvgIpc) is 2.34. The van der Waals surface area contributed by atoms with Crippen LogP contribution in [-0.4, -0.2) is 21.3 Å². The largest absolute Gasteiger partial charge is 0.493 e. The summed E-state index contributed by atoms with van der Waals surface area (Å²) in [6.45, 7) is 0. The molecule has 0 unspecified atom stereocenters. The van der Waals surface area contributed by atoms with Crippen LogP contribution in [0.3, 0.4) is 0 Å². The lowest BCUT2D eigenvalue weighted by Gasteiger charge is -2.06. The fraction of sp³-hybridized carbons (Fsp3) is 0.167. The van der Waals surface area contributed by atoms with Crippen LogP contribution in [-0.2, 0) is 6.42 Å². The molecule has 0 spiro atoms. The average molecular weight is 248 g/mol. The Hall–Kier alpha value is -1.75. The molecule has 88 valence electrons. The minimum absolute atomic E-state index is 0.204. The van der Waals surface area contributed by atoms with Crippen LogP contribution >= 0.6 is 11.8 Å². The van der Waals surface area contributed by atoms with E-state index in [1.165, 1.54) is 6.33 Å². The lowest BCUT2D eigenvalue weighted by atomic mass is 10.1. The summed E-state index contributed by atoms with van der Waals surface area (Å²) in [6.07, 6.45) is 3.56. The number of nitrogens with one attached hydrogen (secondary N) is 1. The molecule has 1 heterocycles. The molecule has 17 heavy (non-hydrogen) atoms. The first-order valence-electron chi connectivity index (χ1n) is 5.10. The molecule has 2 N–H and O–H groups in total. The van der Waals surface area contributed by atoms with E-state index in [4.69, 9.17) is 0 Å². The van der Waals surface area contributed by atoms with Gasteiger partial charge in [0.2, 0.25) is 5.88 Å². The lowest BCUT2D eigenvalue weighted by molar-refractivity contribution is 0.444. The van der Waals surface area contributed by atoms with Crippen LogP contribution in [0.5, 0.6) is 5.88 Å². The third-order valence-electron chi connectivity index (χ3n) is 2.49. The van der Waals surface area contributed by atoms with Gasteiger partial charge in [0.1, 0.15) is 0 Å². The van der Waals surface area contributed by atoms with Gasteiger partial charge in [-0.25, -0.2) is 4.98 Å². The first kappa shape index (κ1) is 11.7. The van der Waals surface area contributed by atoms with Crippen molar-refractivity contribution in [2.45, 2.75) is 11.3 Å². The van der Waals surface area contributed by atoms with Gasteiger partial charge < -0.3 is 10.1 Å². The van der Waals surface area contributed by atoms with Gasteiger partial charge in [-0.3, -0.25) is 4.79 Å². The van der Waals surface area contributed by atoms with Gasteiger partial charge in [0.05, 0.1) is 11.9 Å². The highest BCUT2D eigenvalue weighted by atomic mass is 32.2. The Labute approximate surface area is 103 Å². The Morgan fingerprint density at radius 2 is 2.18 bits per heavy atom. The Bertz CT molecular complexity index is 581. The van der Waals surface area contributed by atoms with Gasteiger partial charge in [-0.05, 0) is 17.9 Å². The number of hydrogen-bond acceptors (Lipinski definition) is 4. The van der Waals surface area contributed by atoms with Gasteiger partial charge >= 0.3 is 0 Å². The third-order valence-corrected chi connectivity index (χ3v) is 3.32. The van der Waals surface area contributed by atoms with Crippen LogP contribution in [0.4, 0.5) is 0 Å². The number of aromatic hydroxyl groups is 1. The van der Waals surface area contributed by atoms with E-state index in [2.05, 4.69) is 9.97 Å². The third kappa shape index (κ3) is 2.50. The van der Waals surface area contributed by atoms with Crippen LogP contribution in [0.25, 0.3) is 0 Å². The van der Waals surface area contributed by atoms with Gasteiger partial charge in [0.25, 0.3) is 5.56 Å². The topological polar surface area (TPSA) is 66.0 Å². The van der Waals surface area contributed by atoms with Crippen molar-refractivity contribution in [1.82, 2.24) is 9.97 Å². The van der Waals surface area contributed by atoms with Crippen molar-refractivity contribution in [3.63, 3.8) is 0 Å². The maximum atomic E-state index is 11.6. The zero-order valence-corrected chi connectivity index (χ0v) is 10.1. The number of nitrogens with zero attached hydrogens (tertiary/aromatic N) is 1. The molecule has 1 aromatic carbocycles. The zero-order valence-electron chi connectivity index (χ0n) is 9.30. The molecule has 0 atom stereocenters. The standard InChI is InChI=1S/C12H12N2O2S/c1-17-10-5-3-2-4-8(10)6-9-11(15)13-7-14-12(9)16/h2-5,7H,6H2,1H3,(H2,13,14,15,16). The number of H-pyrrole nitrogens is 1. The molecule has 0 aliphatic rings. The van der Waals surface area contributed by atoms with Crippen molar-refractivity contribution in [3.8, 4) is 5.88 Å². The normalized spacial score (nSPS) is 10.4. The Balaban J connectivity index is 2.41. The number of aromatic nitrogens is 2. The maximum Gasteiger partial charge on any atom is 0.258 e. The molecule has 2 rings (SSSR count). The molecule has 0 saturated carbocycles. The number of rotatable bonds is 3. The fourth-order valence-electron chi connectivity index (χ4n) is 1.62. The van der Waals surface area contributed by atoms with E-state index in [9.17, 15) is 9.90 Å². The molecule has 0 aliphatic carbocycles. The molecule has 0 fully saturated rings. The first-order valence-corrected chi connectivity index (χ1v) is 6.32. The van der Waals surface area contributed by atoms with E-state index >= 15 is 0 Å². The van der Waals surface area contributed by atoms with Gasteiger partial charge in [-0.2, -0.15) is 0 Å². The van der Waals surface area contributed by atoms with E-state index in [1.807, 2.05) is 30.5 Å². The van der Waals surface area contributed by atoms with Crippen molar-refractivity contribution in [3.05, 3.63) is 52.1 Å². The molecule has 1 aromatic heterocycles. The summed E-state index contributed by atoms with van der Waals surface area (Å²) in [5.74, 6) is -0.204. The molecule has 4 nitrogen and oxygen atoms in total. The molecule has 0 radical (unpaired) electrons. The molecular weight excluding hydrogens is 236 g/mol. The van der Waals surface area contributed by atoms with Crippen LogP contribution < -0.4 is 5.56 Å². The van der Waals surface area contributed by atoms with E-state index < -0.39 is 0 Å². The van der Waals surface area contributed by atoms with Crippen molar-refractivity contribution in [2.24, 2.45) is 0 Å². The van der Waals surface area contributed by atoms with Gasteiger partial charge in [-0.15, -0.1) is 11.8 Å². The van der Waals surface area contributed by atoms with Crippen molar-refractivity contribution >= 4 is 11.8 Å². The van der Waals surface area contributed by atoms with E-state index in [-0.39, 0.29) is 11.4 Å². The monoisotopic (exact) mass is 248 g/mol. The summed E-state index contributed by atoms with van der Waals surface area (Å²) in [5, 5.41) is 9.58. The summed E-state index contributed by atoms with van der Waals surface area (Å²) >= 11 is 1.61. The summed E-state index contributed by atoms with van der Waals surface area (Å²) in [5.41, 5.74) is 1.01. The van der Waals surface area contributed by atoms with E-state index in [1.54, 1.807) is 11.8 Å². The minimum Gasteiger partial charge on any atom is -0.493 e. The molecule has 0 saturated heterocycles. The van der Waals surface area contributed by atoms with Crippen molar-refractivity contribution in [2.75, 3.05) is 6.26 Å². The number of hydrogen-bond donors (Lipinski definition) is 2. The van der Waals surface area contributed by atoms with Crippen molar-refractivity contribution in [1.29, 1.82) is 0 Å². The number of thioether (sulfide) groups is 1. The summed E-state index contributed by atoms with van der Waals surface area (Å²) in [6, 6.07) is 7.79. The number of aromatic amines is 1. The Morgan fingerprint density at radius 1 is 1.41 bits per heavy atom. The minimum atomic E-state index is -0.298. The Morgan fingerprint density at radius 3 is 2.88 bits per heavy atom. The fourth-order valence-corrected chi connectivity index (χ4v) is 2.23. The molecular formula is C12H12N2O2S. The van der Waals surface area contributed by atoms with Gasteiger partial charge in [-0.1, -0.05) is 18.2 Å². The van der Waals surface area contributed by atoms with Crippen LogP contribution in [0, 0.1) is 0 Å². The summed E-state index contributed by atoms with van der Waals surface area (Å²) < 4.78 is 0. The van der Waals surface area contributed by atoms with Crippen LogP contribution in [0.1, 0.15) is 11.1 Å². The van der Waals surface area contributed by atoms with E-state index in [0.29, 0.717) is 12.0 Å². The van der Waals surface area contributed by atoms with Gasteiger partial charge in [0.15, 0.2) is 0 Å². The van der Waals surface area contributed by atoms with Gasteiger partial charge in [0, 0.05) is 11.3 Å². The quantitative estimate of drug-likeness (QED) is 0.813. The smallest absolute Gasteiger partial charge is 0.258 e. The van der Waals surface area contributed by atoms with E-state index in [0.717, 1.165) is 10.5 Å². The maximum absolute atomic E-state index is 11.6. The summed E-state index contributed by atoms with van der Waals surface area (Å²) in [7, 11) is 0. The van der Waals surface area contributed by atoms with Crippen LogP contribution in [0.2, 0.25) is 0 Å². The molecule has 0 aliphatic heterocycles. The highest BCUT2D eigenvalue weighted by Crippen LogP contribution is 2.23. The lowest BCUT2D eigenvalue weighted by Crippen LogP contribution is -2.13. The molecule has 2 aromatic rings. The highest BCUT2D eigenvalue weighted by Gasteiger charge is 2.10. The van der Waals surface area contributed by atoms with Crippen LogP contribution in [0.15, 0.2) is 40.3 Å². The first-order chi connectivity index (χ1) is 8.22. The predicted octanol–water partition coefficient (Wildman–Crippen LogP) is 1.79. The molecule has 0 amide bonds. The second kappa shape index (κ2) is 5.05. The predicted molar refractivity (Wildman–Crippen MR) is 67.6 cm³/mol. The highest BCUT2D eigenvalue weighted by molar-refractivity contribution is 7.98. The second-order valence-corrected chi connectivity index (χ2v) is 4.37. The second-order valence-electron chi connectivity index (χ2n) is 3.52. The molecule has 5 heteroatoms. The number of benzene rings is 1.